The minimum atomic E-state index is -1.48. The first-order valence-electron chi connectivity index (χ1n) is 4.53. The molecule has 0 radical (unpaired) electrons. The van der Waals surface area contributed by atoms with Gasteiger partial charge in [-0.15, -0.1) is 0 Å². The van der Waals surface area contributed by atoms with Crippen molar-refractivity contribution in [3.63, 3.8) is 0 Å². The van der Waals surface area contributed by atoms with Gasteiger partial charge in [0, 0.05) is 0 Å². The molecule has 0 aliphatic heterocycles. The van der Waals surface area contributed by atoms with Crippen molar-refractivity contribution in [1.82, 2.24) is 4.90 Å². The van der Waals surface area contributed by atoms with E-state index >= 15 is 0 Å². The highest BCUT2D eigenvalue weighted by Gasteiger charge is 2.27. The molecule has 0 aliphatic rings. The van der Waals surface area contributed by atoms with Crippen LogP contribution in [0.25, 0.3) is 0 Å². The largest absolute Gasteiger partial charge is 0.464 e. The molecule has 1 atom stereocenters. The Kier molecular flexibility index (Phi) is 6.25. The van der Waals surface area contributed by atoms with Gasteiger partial charge in [-0.25, -0.2) is 4.79 Å². The van der Waals surface area contributed by atoms with E-state index in [-0.39, 0.29) is 19.7 Å². The molecule has 0 aromatic carbocycles. The first kappa shape index (κ1) is 13.9. The lowest BCUT2D eigenvalue weighted by Gasteiger charge is -2.19. The molecule has 0 aliphatic carbocycles. The predicted octanol–water partition coefficient (Wildman–Crippen LogP) is -1.25. The van der Waals surface area contributed by atoms with Crippen LogP contribution in [0.5, 0.6) is 0 Å². The van der Waals surface area contributed by atoms with Crippen LogP contribution >= 0.6 is 0 Å². The first-order valence-corrected chi connectivity index (χ1v) is 4.53. The monoisotopic (exact) mass is 224 g/mol. The number of hydrogen-bond donors (Lipinski definition) is 1. The minimum Gasteiger partial charge on any atom is -0.464 e. The van der Waals surface area contributed by atoms with Crippen molar-refractivity contribution in [2.45, 2.75) is 13.0 Å². The van der Waals surface area contributed by atoms with E-state index < -0.39 is 17.9 Å². The predicted molar refractivity (Wildman–Crippen MR) is 52.4 cm³/mol. The Morgan fingerprint density at radius 2 is 1.88 bits per heavy atom. The molecule has 0 rings (SSSR count). The van der Waals surface area contributed by atoms with Crippen molar-refractivity contribution in [2.75, 3.05) is 19.7 Å². The maximum Gasteiger partial charge on any atom is 0.332 e. The lowest BCUT2D eigenvalue weighted by molar-refractivity contribution is -0.150. The highest BCUT2D eigenvalue weighted by atomic mass is 16.5. The van der Waals surface area contributed by atoms with Gasteiger partial charge in [-0.1, -0.05) is 0 Å². The summed E-state index contributed by atoms with van der Waals surface area (Å²) >= 11 is 0. The van der Waals surface area contributed by atoms with E-state index in [1.54, 1.807) is 19.1 Å². The summed E-state index contributed by atoms with van der Waals surface area (Å²) in [6.07, 6.45) is 0. The van der Waals surface area contributed by atoms with Crippen molar-refractivity contribution in [3.8, 4) is 12.1 Å². The molecule has 0 spiro atoms. The average Bonchev–Trinajstić information content (AvgIpc) is 2.27. The molecule has 0 saturated carbocycles. The second-order valence-electron chi connectivity index (χ2n) is 2.74. The number of carbonyl (C=O) groups excluding carboxylic acids is 2. The molecule has 1 unspecified atom stereocenters. The van der Waals surface area contributed by atoms with Crippen molar-refractivity contribution in [2.24, 2.45) is 5.73 Å². The van der Waals surface area contributed by atoms with E-state index in [1.807, 2.05) is 0 Å². The zero-order chi connectivity index (χ0) is 12.6. The van der Waals surface area contributed by atoms with E-state index in [4.69, 9.17) is 16.3 Å². The topological polar surface area (TPSA) is 120 Å². The van der Waals surface area contributed by atoms with Crippen LogP contribution in [-0.4, -0.2) is 42.5 Å². The summed E-state index contributed by atoms with van der Waals surface area (Å²) in [6, 6.07) is 1.93. The number of esters is 1. The number of rotatable bonds is 5. The first-order chi connectivity index (χ1) is 7.58. The third-order valence-corrected chi connectivity index (χ3v) is 1.64. The van der Waals surface area contributed by atoms with Crippen molar-refractivity contribution < 1.29 is 14.3 Å². The highest BCUT2D eigenvalue weighted by Crippen LogP contribution is 1.95. The standard InChI is InChI=1S/C9H12N4O3/c1-2-16-9(15)7(12)8(14)13(5-3-10)6-4-11/h7H,2,5-6,12H2,1H3. The van der Waals surface area contributed by atoms with Gasteiger partial charge >= 0.3 is 5.97 Å². The molecule has 7 nitrogen and oxygen atoms in total. The molecule has 0 bridgehead atoms. The summed E-state index contributed by atoms with van der Waals surface area (Å²) in [5, 5.41) is 16.9. The SMILES string of the molecule is CCOC(=O)C(N)C(=O)N(CC#N)CC#N. The smallest absolute Gasteiger partial charge is 0.332 e. The Morgan fingerprint density at radius 1 is 1.38 bits per heavy atom. The van der Waals surface area contributed by atoms with Crippen LogP contribution in [0.1, 0.15) is 6.92 Å². The minimum absolute atomic E-state index is 0.107. The Labute approximate surface area is 93.0 Å². The highest BCUT2D eigenvalue weighted by molar-refractivity contribution is 6.01. The maximum absolute atomic E-state index is 11.5. The maximum atomic E-state index is 11.5. The fraction of sp³-hybridized carbons (Fsp3) is 0.556. The Hall–Kier alpha value is -2.12. The van der Waals surface area contributed by atoms with Gasteiger partial charge < -0.3 is 15.4 Å². The number of amides is 1. The van der Waals surface area contributed by atoms with Gasteiger partial charge in [-0.3, -0.25) is 4.79 Å². The Balaban J connectivity index is 4.56. The van der Waals surface area contributed by atoms with E-state index in [0.717, 1.165) is 4.90 Å². The summed E-state index contributed by atoms with van der Waals surface area (Å²) < 4.78 is 4.55. The normalized spacial score (nSPS) is 10.8. The molecular weight excluding hydrogens is 212 g/mol. The molecule has 0 heterocycles. The molecule has 0 fully saturated rings. The lowest BCUT2D eigenvalue weighted by atomic mass is 10.2. The third kappa shape index (κ3) is 3.95. The zero-order valence-corrected chi connectivity index (χ0v) is 8.84. The summed E-state index contributed by atoms with van der Waals surface area (Å²) in [5.41, 5.74) is 5.32. The van der Waals surface area contributed by atoms with Crippen LogP contribution in [0.15, 0.2) is 0 Å². The van der Waals surface area contributed by atoms with Gasteiger partial charge in [0.15, 0.2) is 6.04 Å². The summed E-state index contributed by atoms with van der Waals surface area (Å²) in [5.74, 6) is -1.66. The fourth-order valence-electron chi connectivity index (χ4n) is 0.912. The van der Waals surface area contributed by atoms with Crippen LogP contribution in [0.4, 0.5) is 0 Å². The number of nitrogens with two attached hydrogens (primary N) is 1. The van der Waals surface area contributed by atoms with Crippen molar-refractivity contribution in [3.05, 3.63) is 0 Å². The Morgan fingerprint density at radius 3 is 2.25 bits per heavy atom. The fourth-order valence-corrected chi connectivity index (χ4v) is 0.912. The lowest BCUT2D eigenvalue weighted by Crippen LogP contribution is -2.49. The van der Waals surface area contributed by atoms with Gasteiger partial charge in [0.25, 0.3) is 5.91 Å². The van der Waals surface area contributed by atoms with E-state index in [1.165, 1.54) is 0 Å². The number of nitrogens with zero attached hydrogens (tertiary/aromatic N) is 3. The summed E-state index contributed by atoms with van der Waals surface area (Å²) in [7, 11) is 0. The quantitative estimate of drug-likeness (QED) is 0.354. The molecule has 0 saturated heterocycles. The van der Waals surface area contributed by atoms with E-state index in [9.17, 15) is 9.59 Å². The van der Waals surface area contributed by atoms with Crippen LogP contribution in [0.2, 0.25) is 0 Å². The van der Waals surface area contributed by atoms with Gasteiger partial charge in [0.1, 0.15) is 13.1 Å². The number of ether oxygens (including phenoxy) is 1. The van der Waals surface area contributed by atoms with Crippen LogP contribution in [0, 0.1) is 22.7 Å². The zero-order valence-electron chi connectivity index (χ0n) is 8.84. The molecule has 16 heavy (non-hydrogen) atoms. The van der Waals surface area contributed by atoms with Gasteiger partial charge in [-0.05, 0) is 6.92 Å². The van der Waals surface area contributed by atoms with E-state index in [0.29, 0.717) is 0 Å². The molecule has 0 aromatic heterocycles. The van der Waals surface area contributed by atoms with Gasteiger partial charge in [-0.2, -0.15) is 10.5 Å². The Bertz CT molecular complexity index is 326. The molecule has 0 aromatic rings. The third-order valence-electron chi connectivity index (χ3n) is 1.64. The van der Waals surface area contributed by atoms with Crippen molar-refractivity contribution >= 4 is 11.9 Å². The molecule has 7 heteroatoms. The van der Waals surface area contributed by atoms with Gasteiger partial charge in [0.05, 0.1) is 18.7 Å². The van der Waals surface area contributed by atoms with Crippen LogP contribution in [-0.2, 0) is 14.3 Å². The molecule has 86 valence electrons. The molecular formula is C9H12N4O3. The molecule has 2 N–H and O–H groups in total. The number of nitriles is 2. The van der Waals surface area contributed by atoms with Crippen molar-refractivity contribution in [1.29, 1.82) is 10.5 Å². The second kappa shape index (κ2) is 7.21. The number of carbonyl (C=O) groups is 2. The summed E-state index contributed by atoms with van der Waals surface area (Å²) in [4.78, 5) is 23.6. The van der Waals surface area contributed by atoms with Crippen LogP contribution < -0.4 is 5.73 Å². The second-order valence-corrected chi connectivity index (χ2v) is 2.74. The average molecular weight is 224 g/mol. The van der Waals surface area contributed by atoms with Gasteiger partial charge in [0.2, 0.25) is 0 Å². The van der Waals surface area contributed by atoms with Crippen LogP contribution in [0.3, 0.4) is 0 Å². The summed E-state index contributed by atoms with van der Waals surface area (Å²) in [6.45, 7) is 1.10. The number of hydrogen-bond acceptors (Lipinski definition) is 6. The van der Waals surface area contributed by atoms with E-state index in [2.05, 4.69) is 4.74 Å². The molecule has 1 amide bonds.